The molecule has 1 saturated heterocycles. The van der Waals surface area contributed by atoms with Crippen LogP contribution in [0.4, 0.5) is 0 Å². The van der Waals surface area contributed by atoms with Crippen LogP contribution in [0.3, 0.4) is 0 Å². The number of nitrogens with zero attached hydrogens (tertiary/aromatic N) is 1. The third kappa shape index (κ3) is 1.66. The summed E-state index contributed by atoms with van der Waals surface area (Å²) >= 11 is 0. The van der Waals surface area contributed by atoms with E-state index in [1.165, 1.54) is 0 Å². The van der Waals surface area contributed by atoms with E-state index in [9.17, 15) is 15.3 Å². The van der Waals surface area contributed by atoms with E-state index in [0.717, 1.165) is 38.8 Å². The zero-order valence-electron chi connectivity index (χ0n) is 16.8. The van der Waals surface area contributed by atoms with E-state index in [-0.39, 0.29) is 52.8 Å². The Hall–Kier alpha value is -0.200. The molecule has 5 heteroatoms. The lowest BCUT2D eigenvalue weighted by Crippen LogP contribution is -2.75. The van der Waals surface area contributed by atoms with Gasteiger partial charge in [-0.05, 0) is 49.5 Å². The van der Waals surface area contributed by atoms with Gasteiger partial charge in [-0.15, -0.1) is 0 Å². The highest BCUT2D eigenvalue weighted by Gasteiger charge is 2.82. The molecule has 7 bridgehead atoms. The molecule has 27 heavy (non-hydrogen) atoms. The van der Waals surface area contributed by atoms with Crippen LogP contribution >= 0.6 is 0 Å². The molecule has 152 valence electrons. The molecule has 0 radical (unpaired) electrons. The summed E-state index contributed by atoms with van der Waals surface area (Å²) in [6, 6.07) is 0.253. The van der Waals surface area contributed by atoms with Crippen LogP contribution in [0.5, 0.6) is 0 Å². The van der Waals surface area contributed by atoms with Gasteiger partial charge in [0.15, 0.2) is 0 Å². The maximum Gasteiger partial charge on any atom is 0.0771 e. The molecule has 5 nitrogen and oxygen atoms in total. The fraction of sp³-hybridized carbons (Fsp3) is 1.00. The third-order valence-electron chi connectivity index (χ3n) is 10.7. The molecule has 1 spiro atoms. The first-order chi connectivity index (χ1) is 12.8. The van der Waals surface area contributed by atoms with Gasteiger partial charge in [-0.2, -0.15) is 0 Å². The van der Waals surface area contributed by atoms with Crippen LogP contribution in [0.2, 0.25) is 0 Å². The molecule has 1 heterocycles. The number of hydrogen-bond acceptors (Lipinski definition) is 5. The molecular formula is C22H35NO4. The predicted molar refractivity (Wildman–Crippen MR) is 99.9 cm³/mol. The van der Waals surface area contributed by atoms with Crippen LogP contribution in [-0.2, 0) is 4.74 Å². The third-order valence-corrected chi connectivity index (χ3v) is 10.7. The molecule has 5 aliphatic carbocycles. The molecule has 0 aromatic heterocycles. The lowest BCUT2D eigenvalue weighted by molar-refractivity contribution is -0.266. The van der Waals surface area contributed by atoms with Crippen molar-refractivity contribution in [2.75, 3.05) is 20.2 Å². The van der Waals surface area contributed by atoms with E-state index in [4.69, 9.17) is 4.74 Å². The Kier molecular flexibility index (Phi) is 3.33. The molecule has 0 aromatic rings. The summed E-state index contributed by atoms with van der Waals surface area (Å²) in [6.07, 6.45) is 3.66. The Labute approximate surface area is 162 Å². The Morgan fingerprint density at radius 3 is 2.67 bits per heavy atom. The van der Waals surface area contributed by atoms with Crippen molar-refractivity contribution in [2.24, 2.45) is 40.4 Å². The molecule has 6 rings (SSSR count). The Bertz CT molecular complexity index is 673. The SMILES string of the molecule is CCN1C[C@]2(C)CC[C@H](O)[C@@]34[C@@H]5CC6[C@@H](OC)C[C@](O)(C(C[C@H]23)[C@@H]14)[C@H]5[C@H]6O. The second-order valence-corrected chi connectivity index (χ2v) is 11.1. The van der Waals surface area contributed by atoms with Gasteiger partial charge in [-0.3, -0.25) is 4.90 Å². The van der Waals surface area contributed by atoms with Gasteiger partial charge in [0.1, 0.15) is 0 Å². The van der Waals surface area contributed by atoms with Crippen LogP contribution in [0, 0.1) is 40.4 Å². The van der Waals surface area contributed by atoms with Gasteiger partial charge in [0.25, 0.3) is 0 Å². The maximum atomic E-state index is 12.1. The van der Waals surface area contributed by atoms with E-state index in [1.54, 1.807) is 7.11 Å². The van der Waals surface area contributed by atoms with Crippen LogP contribution in [0.25, 0.3) is 0 Å². The molecule has 2 unspecified atom stereocenters. The maximum absolute atomic E-state index is 12.1. The Morgan fingerprint density at radius 2 is 1.96 bits per heavy atom. The smallest absolute Gasteiger partial charge is 0.0771 e. The number of fused-ring (bicyclic) bond motifs is 2. The first-order valence-corrected chi connectivity index (χ1v) is 11.2. The van der Waals surface area contributed by atoms with Crippen molar-refractivity contribution in [2.45, 2.75) is 75.9 Å². The monoisotopic (exact) mass is 377 g/mol. The highest BCUT2D eigenvalue weighted by Crippen LogP contribution is 2.78. The second-order valence-electron chi connectivity index (χ2n) is 11.1. The number of aliphatic hydroxyl groups is 3. The van der Waals surface area contributed by atoms with E-state index >= 15 is 0 Å². The summed E-state index contributed by atoms with van der Waals surface area (Å²) < 4.78 is 5.79. The van der Waals surface area contributed by atoms with Crippen molar-refractivity contribution in [3.63, 3.8) is 0 Å². The van der Waals surface area contributed by atoms with Crippen LogP contribution < -0.4 is 0 Å². The number of aliphatic hydroxyl groups excluding tert-OH is 2. The standard InChI is InChI=1S/C22H35NO4/c1-4-23-10-20(2)6-5-16(24)22-12-7-11-14(27-3)9-21(26,17(12)18(11)25)13(19(22)23)8-15(20)22/h11-19,24-26H,4-10H2,1-3H3/t11?,12-,13?,14+,15-,16+,17-,18+,19-,20+,21+,22-/m1/s1. The topological polar surface area (TPSA) is 73.2 Å². The van der Waals surface area contributed by atoms with Crippen molar-refractivity contribution in [3.05, 3.63) is 0 Å². The van der Waals surface area contributed by atoms with Gasteiger partial charge in [-0.1, -0.05) is 13.8 Å². The fourth-order valence-electron chi connectivity index (χ4n) is 10.1. The van der Waals surface area contributed by atoms with Gasteiger partial charge in [-0.25, -0.2) is 0 Å². The van der Waals surface area contributed by atoms with Gasteiger partial charge in [0.05, 0.1) is 23.9 Å². The van der Waals surface area contributed by atoms with E-state index < -0.39 is 11.7 Å². The number of likely N-dealkylation sites (tertiary alicyclic amines) is 1. The van der Waals surface area contributed by atoms with E-state index in [0.29, 0.717) is 12.3 Å². The lowest BCUT2D eigenvalue weighted by atomic mass is 9.43. The second kappa shape index (κ2) is 5.10. The summed E-state index contributed by atoms with van der Waals surface area (Å²) in [5.74, 6) is 0.840. The van der Waals surface area contributed by atoms with Crippen LogP contribution in [-0.4, -0.2) is 70.4 Å². The van der Waals surface area contributed by atoms with Gasteiger partial charge >= 0.3 is 0 Å². The zero-order valence-corrected chi connectivity index (χ0v) is 16.8. The van der Waals surface area contributed by atoms with Crippen molar-refractivity contribution in [1.82, 2.24) is 4.90 Å². The van der Waals surface area contributed by atoms with Gasteiger partial charge in [0.2, 0.25) is 0 Å². The van der Waals surface area contributed by atoms with Gasteiger partial charge in [0, 0.05) is 49.3 Å². The van der Waals surface area contributed by atoms with Crippen molar-refractivity contribution in [1.29, 1.82) is 0 Å². The number of piperidine rings is 1. The molecular weight excluding hydrogens is 342 g/mol. The number of hydrogen-bond donors (Lipinski definition) is 3. The average Bonchev–Trinajstić information content (AvgIpc) is 3.07. The average molecular weight is 378 g/mol. The molecule has 6 fully saturated rings. The minimum Gasteiger partial charge on any atom is -0.392 e. The van der Waals surface area contributed by atoms with E-state index in [1.807, 2.05) is 0 Å². The Morgan fingerprint density at radius 1 is 1.19 bits per heavy atom. The predicted octanol–water partition coefficient (Wildman–Crippen LogP) is 1.25. The molecule has 0 aromatic carbocycles. The van der Waals surface area contributed by atoms with Crippen LogP contribution in [0.15, 0.2) is 0 Å². The highest BCUT2D eigenvalue weighted by molar-refractivity contribution is 5.32. The highest BCUT2D eigenvalue weighted by atomic mass is 16.5. The van der Waals surface area contributed by atoms with Crippen molar-refractivity contribution < 1.29 is 20.1 Å². The van der Waals surface area contributed by atoms with Crippen LogP contribution in [0.1, 0.15) is 46.0 Å². The normalized spacial score (nSPS) is 66.2. The molecule has 12 atom stereocenters. The first-order valence-electron chi connectivity index (χ1n) is 11.2. The Balaban J connectivity index is 1.59. The quantitative estimate of drug-likeness (QED) is 0.676. The number of methoxy groups -OCH3 is 1. The molecule has 0 amide bonds. The van der Waals surface area contributed by atoms with E-state index in [2.05, 4.69) is 18.7 Å². The molecule has 1 aliphatic heterocycles. The summed E-state index contributed by atoms with van der Waals surface area (Å²) in [4.78, 5) is 2.60. The zero-order chi connectivity index (χ0) is 18.9. The minimum absolute atomic E-state index is 0.0657. The molecule has 5 saturated carbocycles. The summed E-state index contributed by atoms with van der Waals surface area (Å²) in [6.45, 7) is 6.74. The summed E-state index contributed by atoms with van der Waals surface area (Å²) in [7, 11) is 1.73. The molecule has 6 aliphatic rings. The largest absolute Gasteiger partial charge is 0.392 e. The molecule has 3 N–H and O–H groups in total. The number of rotatable bonds is 2. The first kappa shape index (κ1) is 17.6. The van der Waals surface area contributed by atoms with Crippen molar-refractivity contribution >= 4 is 0 Å². The number of ether oxygens (including phenoxy) is 1. The summed E-state index contributed by atoms with van der Waals surface area (Å²) in [5.41, 5.74) is -0.788. The minimum atomic E-state index is -0.858. The van der Waals surface area contributed by atoms with Gasteiger partial charge < -0.3 is 20.1 Å². The lowest BCUT2D eigenvalue weighted by Gasteiger charge is -2.68. The summed E-state index contributed by atoms with van der Waals surface area (Å²) in [5, 5.41) is 34.9. The van der Waals surface area contributed by atoms with Crippen molar-refractivity contribution in [3.8, 4) is 0 Å². The fourth-order valence-corrected chi connectivity index (χ4v) is 10.1.